The molecule has 0 saturated carbocycles. The smallest absolute Gasteiger partial charge is 0.229 e. The van der Waals surface area contributed by atoms with Crippen molar-refractivity contribution in [3.8, 4) is 22.0 Å². The van der Waals surface area contributed by atoms with Crippen LogP contribution in [0.2, 0.25) is 0 Å². The van der Waals surface area contributed by atoms with Gasteiger partial charge in [0, 0.05) is 56.4 Å². The molecule has 0 radical (unpaired) electrons. The Labute approximate surface area is 182 Å². The molecule has 156 valence electrons. The minimum Gasteiger partial charge on any atom is -0.345 e. The van der Waals surface area contributed by atoms with Crippen LogP contribution in [0, 0.1) is 0 Å². The molecule has 5 rings (SSSR count). The third-order valence-corrected chi connectivity index (χ3v) is 6.09. The van der Waals surface area contributed by atoms with Crippen LogP contribution in [0.15, 0.2) is 48.5 Å². The molecule has 1 fully saturated rings. The van der Waals surface area contributed by atoms with Gasteiger partial charge in [0.25, 0.3) is 0 Å². The molecular weight excluding hydrogens is 412 g/mol. The van der Waals surface area contributed by atoms with E-state index in [0.29, 0.717) is 5.95 Å². The summed E-state index contributed by atoms with van der Waals surface area (Å²) >= 11 is 1.51. The van der Waals surface area contributed by atoms with Crippen molar-refractivity contribution in [3.63, 3.8) is 0 Å². The number of thiazole rings is 1. The number of pyridine rings is 1. The van der Waals surface area contributed by atoms with Gasteiger partial charge in [-0.15, -0.1) is 11.3 Å². The number of likely N-dealkylation sites (tertiary alicyclic amines) is 1. The number of aryl methyl sites for hydroxylation is 1. The zero-order chi connectivity index (χ0) is 21.4. The predicted octanol–water partition coefficient (Wildman–Crippen LogP) is 3.08. The number of hydrogen-bond donors (Lipinski definition) is 1. The quantitative estimate of drug-likeness (QED) is 0.517. The topological polar surface area (TPSA) is 102 Å². The molecule has 1 aliphatic heterocycles. The van der Waals surface area contributed by atoms with E-state index in [2.05, 4.69) is 25.4 Å². The van der Waals surface area contributed by atoms with Crippen molar-refractivity contribution in [1.82, 2.24) is 34.6 Å². The number of nitrogens with zero attached hydrogens (tertiary/aromatic N) is 7. The molecule has 4 aromatic heterocycles. The lowest BCUT2D eigenvalue weighted by molar-refractivity contribution is -0.127. The molecule has 1 atom stereocenters. The fraction of sp³-hybridized carbons (Fsp3) is 0.238. The summed E-state index contributed by atoms with van der Waals surface area (Å²) in [6.07, 6.45) is 9.64. The Bertz CT molecular complexity index is 1250. The van der Waals surface area contributed by atoms with Gasteiger partial charge in [0.1, 0.15) is 10.7 Å². The van der Waals surface area contributed by atoms with E-state index < -0.39 is 0 Å². The average Bonchev–Trinajstić information content (AvgIpc) is 3.50. The summed E-state index contributed by atoms with van der Waals surface area (Å²) in [6, 6.07) is 3.85. The summed E-state index contributed by atoms with van der Waals surface area (Å²) in [4.78, 5) is 32.1. The minimum absolute atomic E-state index is 0.126. The lowest BCUT2D eigenvalue weighted by Crippen LogP contribution is -2.21. The Morgan fingerprint density at radius 1 is 1.16 bits per heavy atom. The number of hydrogen-bond acceptors (Lipinski definition) is 8. The summed E-state index contributed by atoms with van der Waals surface area (Å²) < 4.78 is 1.71. The molecule has 0 bridgehead atoms. The molecule has 1 N–H and O–H groups in total. The lowest BCUT2D eigenvalue weighted by atomic mass is 9.98. The van der Waals surface area contributed by atoms with Gasteiger partial charge in [0.05, 0.1) is 23.5 Å². The third kappa shape index (κ3) is 3.89. The molecule has 4 aromatic rings. The summed E-state index contributed by atoms with van der Waals surface area (Å²) in [5.41, 5.74) is 4.19. The monoisotopic (exact) mass is 432 g/mol. The lowest BCUT2D eigenvalue weighted by Gasteiger charge is -2.10. The maximum absolute atomic E-state index is 12.4. The van der Waals surface area contributed by atoms with Crippen LogP contribution in [0.1, 0.15) is 17.9 Å². The maximum atomic E-state index is 12.4. The van der Waals surface area contributed by atoms with Gasteiger partial charge in [0.2, 0.25) is 11.9 Å². The maximum Gasteiger partial charge on any atom is 0.229 e. The molecule has 1 unspecified atom stereocenters. The highest BCUT2D eigenvalue weighted by molar-refractivity contribution is 7.13. The van der Waals surface area contributed by atoms with Gasteiger partial charge in [-0.1, -0.05) is 0 Å². The van der Waals surface area contributed by atoms with Gasteiger partial charge in [-0.25, -0.2) is 15.0 Å². The van der Waals surface area contributed by atoms with Crippen molar-refractivity contribution in [2.45, 2.75) is 12.3 Å². The van der Waals surface area contributed by atoms with Crippen molar-refractivity contribution in [2.24, 2.45) is 7.05 Å². The standard InChI is InChI=1S/C21H20N8OS/c1-28-6-4-16(20(28)30)13-7-14(9-22-8-13)18-12-31-19(26-18)17-3-5-23-21(27-17)25-15-10-24-29(2)11-15/h3,5,7-12,16H,4,6H2,1-2H3,(H,23,25,27). The SMILES string of the molecule is CN1CCC(c2cncc(-c3csc(-c4ccnc(Nc5cnn(C)c5)n4)n3)c2)C1=O. The van der Waals surface area contributed by atoms with Crippen LogP contribution in [-0.4, -0.2) is 54.1 Å². The van der Waals surface area contributed by atoms with E-state index in [9.17, 15) is 4.79 Å². The summed E-state index contributed by atoms with van der Waals surface area (Å²) in [5.74, 6) is 0.501. The number of aromatic nitrogens is 6. The molecule has 1 amide bonds. The zero-order valence-electron chi connectivity index (χ0n) is 17.1. The number of amides is 1. The van der Waals surface area contributed by atoms with E-state index in [1.165, 1.54) is 11.3 Å². The Morgan fingerprint density at radius 2 is 2.06 bits per heavy atom. The first kappa shape index (κ1) is 19.3. The van der Waals surface area contributed by atoms with E-state index in [1.807, 2.05) is 37.8 Å². The Kier molecular flexibility index (Phi) is 4.91. The van der Waals surface area contributed by atoms with Crippen molar-refractivity contribution in [2.75, 3.05) is 18.9 Å². The third-order valence-electron chi connectivity index (χ3n) is 5.22. The zero-order valence-corrected chi connectivity index (χ0v) is 17.9. The first-order valence-electron chi connectivity index (χ1n) is 9.82. The van der Waals surface area contributed by atoms with Crippen LogP contribution < -0.4 is 5.32 Å². The second-order valence-corrected chi connectivity index (χ2v) is 8.30. The second kappa shape index (κ2) is 7.88. The second-order valence-electron chi connectivity index (χ2n) is 7.44. The van der Waals surface area contributed by atoms with E-state index in [4.69, 9.17) is 4.98 Å². The highest BCUT2D eigenvalue weighted by atomic mass is 32.1. The number of nitrogens with one attached hydrogen (secondary N) is 1. The van der Waals surface area contributed by atoms with E-state index in [0.717, 1.165) is 46.2 Å². The van der Waals surface area contributed by atoms with E-state index in [-0.39, 0.29) is 11.8 Å². The van der Waals surface area contributed by atoms with Crippen LogP contribution in [0.4, 0.5) is 11.6 Å². The van der Waals surface area contributed by atoms with E-state index in [1.54, 1.807) is 34.4 Å². The van der Waals surface area contributed by atoms with Crippen LogP contribution in [0.3, 0.4) is 0 Å². The molecule has 0 spiro atoms. The van der Waals surface area contributed by atoms with Crippen molar-refractivity contribution < 1.29 is 4.79 Å². The van der Waals surface area contributed by atoms with Crippen molar-refractivity contribution in [3.05, 3.63) is 54.1 Å². The van der Waals surface area contributed by atoms with Crippen LogP contribution >= 0.6 is 11.3 Å². The fourth-order valence-electron chi connectivity index (χ4n) is 3.60. The molecule has 0 aliphatic carbocycles. The summed E-state index contributed by atoms with van der Waals surface area (Å²) in [6.45, 7) is 0.775. The first-order valence-corrected chi connectivity index (χ1v) is 10.7. The molecule has 10 heteroatoms. The van der Waals surface area contributed by atoms with Crippen molar-refractivity contribution in [1.29, 1.82) is 0 Å². The molecule has 5 heterocycles. The van der Waals surface area contributed by atoms with E-state index >= 15 is 0 Å². The highest BCUT2D eigenvalue weighted by Gasteiger charge is 2.30. The number of likely N-dealkylation sites (N-methyl/N-ethyl adjacent to an activating group) is 1. The van der Waals surface area contributed by atoms with Crippen LogP contribution in [0.25, 0.3) is 22.0 Å². The summed E-state index contributed by atoms with van der Waals surface area (Å²) in [5, 5.41) is 10.0. The van der Waals surface area contributed by atoms with Gasteiger partial charge < -0.3 is 10.2 Å². The van der Waals surface area contributed by atoms with Gasteiger partial charge in [-0.3, -0.25) is 14.5 Å². The fourth-order valence-corrected chi connectivity index (χ4v) is 4.39. The van der Waals surface area contributed by atoms with Crippen molar-refractivity contribution >= 4 is 28.9 Å². The number of carbonyl (C=O) groups is 1. The predicted molar refractivity (Wildman–Crippen MR) is 118 cm³/mol. The first-order chi connectivity index (χ1) is 15.1. The molecular formula is C21H20N8OS. The van der Waals surface area contributed by atoms with Crippen LogP contribution in [-0.2, 0) is 11.8 Å². The largest absolute Gasteiger partial charge is 0.345 e. The normalized spacial score (nSPS) is 16.1. The van der Waals surface area contributed by atoms with Gasteiger partial charge in [-0.05, 0) is 24.1 Å². The molecule has 1 saturated heterocycles. The van der Waals surface area contributed by atoms with Crippen LogP contribution in [0.5, 0.6) is 0 Å². The number of rotatable bonds is 5. The van der Waals surface area contributed by atoms with Gasteiger partial charge in [-0.2, -0.15) is 5.10 Å². The molecule has 1 aliphatic rings. The molecule has 9 nitrogen and oxygen atoms in total. The Morgan fingerprint density at radius 3 is 2.84 bits per heavy atom. The minimum atomic E-state index is -0.126. The average molecular weight is 433 g/mol. The number of carbonyl (C=O) groups excluding carboxylic acids is 1. The molecule has 0 aromatic carbocycles. The number of anilines is 2. The molecule has 31 heavy (non-hydrogen) atoms. The Hall–Kier alpha value is -3.66. The Balaban J connectivity index is 1.39. The summed E-state index contributed by atoms with van der Waals surface area (Å²) in [7, 11) is 3.69. The van der Waals surface area contributed by atoms with Gasteiger partial charge >= 0.3 is 0 Å². The highest BCUT2D eigenvalue weighted by Crippen LogP contribution is 2.32. The van der Waals surface area contributed by atoms with Gasteiger partial charge in [0.15, 0.2) is 0 Å².